The molecule has 0 heterocycles. The van der Waals surface area contributed by atoms with Crippen molar-refractivity contribution in [1.82, 2.24) is 10.6 Å². The van der Waals surface area contributed by atoms with E-state index >= 15 is 0 Å². The number of nitrogens with one attached hydrogen (secondary N) is 2. The second kappa shape index (κ2) is 12.1. The van der Waals surface area contributed by atoms with E-state index in [-0.39, 0.29) is 36.2 Å². The molecule has 1 atom stereocenters. The van der Waals surface area contributed by atoms with E-state index < -0.39 is 6.10 Å². The largest absolute Gasteiger partial charge is 0.508 e. The number of amides is 1. The number of aliphatic hydroxyl groups excluding tert-OH is 2. The van der Waals surface area contributed by atoms with Gasteiger partial charge in [-0.2, -0.15) is 0 Å². The average molecular weight is 495 g/mol. The van der Waals surface area contributed by atoms with Gasteiger partial charge in [-0.15, -0.1) is 0 Å². The van der Waals surface area contributed by atoms with Crippen LogP contribution in [0.15, 0.2) is 60.7 Å². The Hall–Kier alpha value is -3.26. The highest BCUT2D eigenvalue weighted by atomic mass is 19.1. The highest BCUT2D eigenvalue weighted by Crippen LogP contribution is 2.23. The molecule has 5 N–H and O–H groups in total. The minimum absolute atomic E-state index is 0.00488. The molecule has 0 radical (unpaired) electrons. The van der Waals surface area contributed by atoms with E-state index in [1.165, 1.54) is 18.2 Å². The molecule has 6 nitrogen and oxygen atoms in total. The topological polar surface area (TPSA) is 102 Å². The summed E-state index contributed by atoms with van der Waals surface area (Å²) in [4.78, 5) is 12.7. The molecular weight excluding hydrogens is 459 g/mol. The third-order valence-corrected chi connectivity index (χ3v) is 6.26. The Morgan fingerprint density at radius 1 is 1.06 bits per heavy atom. The van der Waals surface area contributed by atoms with Crippen molar-refractivity contribution in [3.8, 4) is 5.75 Å². The third kappa shape index (κ3) is 7.62. The van der Waals surface area contributed by atoms with Crippen LogP contribution in [0.25, 0.3) is 0 Å². The number of benzene rings is 3. The van der Waals surface area contributed by atoms with Crippen molar-refractivity contribution < 1.29 is 24.5 Å². The summed E-state index contributed by atoms with van der Waals surface area (Å²) in [5.41, 5.74) is 3.99. The molecule has 0 bridgehead atoms. The van der Waals surface area contributed by atoms with E-state index in [4.69, 9.17) is 0 Å². The van der Waals surface area contributed by atoms with Crippen LogP contribution in [0.2, 0.25) is 0 Å². The maximum absolute atomic E-state index is 13.5. The highest BCUT2D eigenvalue weighted by Gasteiger charge is 2.21. The summed E-state index contributed by atoms with van der Waals surface area (Å²) < 4.78 is 13.5. The second-order valence-electron chi connectivity index (χ2n) is 9.78. The van der Waals surface area contributed by atoms with Gasteiger partial charge < -0.3 is 26.0 Å². The van der Waals surface area contributed by atoms with E-state index in [2.05, 4.69) is 10.6 Å². The Morgan fingerprint density at radius 2 is 1.83 bits per heavy atom. The molecule has 192 valence electrons. The molecule has 0 aliphatic heterocycles. The Morgan fingerprint density at radius 3 is 2.58 bits per heavy atom. The van der Waals surface area contributed by atoms with Crippen LogP contribution in [0.1, 0.15) is 58.1 Å². The van der Waals surface area contributed by atoms with Crippen molar-refractivity contribution in [1.29, 1.82) is 0 Å². The first-order valence-corrected chi connectivity index (χ1v) is 12.1. The number of hydrogen-bond acceptors (Lipinski definition) is 5. The first kappa shape index (κ1) is 27.3. The van der Waals surface area contributed by atoms with Gasteiger partial charge in [0.25, 0.3) is 5.91 Å². The number of rotatable bonds is 11. The van der Waals surface area contributed by atoms with Crippen LogP contribution in [0.4, 0.5) is 4.39 Å². The summed E-state index contributed by atoms with van der Waals surface area (Å²) in [6.45, 7) is 6.34. The fourth-order valence-electron chi connectivity index (χ4n) is 4.15. The minimum atomic E-state index is -0.811. The first-order chi connectivity index (χ1) is 17.1. The lowest BCUT2D eigenvalue weighted by Crippen LogP contribution is -2.43. The predicted molar refractivity (Wildman–Crippen MR) is 138 cm³/mol. The standard InChI is InChI=1S/C29H35FN2O4/c1-19-7-9-25(30)15-21(19)11-12-31-28(36)23-6-4-5-20(13-23)16-29(2,3)32-17-27(35)22-8-10-26(34)24(14-22)18-33/h4-10,13-15,27,32-35H,11-12,16-18H2,1-3H3,(H,31,36)/t27-/m0/s1. The van der Waals surface area contributed by atoms with E-state index in [0.717, 1.165) is 16.7 Å². The van der Waals surface area contributed by atoms with E-state index in [1.54, 1.807) is 24.3 Å². The van der Waals surface area contributed by atoms with Crippen molar-refractivity contribution in [2.24, 2.45) is 0 Å². The number of halogens is 1. The molecule has 0 spiro atoms. The number of carbonyl (C=O) groups is 1. The quantitative estimate of drug-likeness (QED) is 0.278. The number of aryl methyl sites for hydroxylation is 1. The van der Waals surface area contributed by atoms with Crippen molar-refractivity contribution >= 4 is 5.91 Å². The van der Waals surface area contributed by atoms with Crippen LogP contribution in [0, 0.1) is 12.7 Å². The maximum Gasteiger partial charge on any atom is 0.251 e. The van der Waals surface area contributed by atoms with Crippen LogP contribution >= 0.6 is 0 Å². The maximum atomic E-state index is 13.5. The SMILES string of the molecule is Cc1ccc(F)cc1CCNC(=O)c1cccc(CC(C)(C)NC[C@H](O)c2ccc(O)c(CO)c2)c1. The molecule has 0 aromatic heterocycles. The van der Waals surface area contributed by atoms with Crippen LogP contribution < -0.4 is 10.6 Å². The summed E-state index contributed by atoms with van der Waals surface area (Å²) in [6, 6.07) is 16.8. The van der Waals surface area contributed by atoms with Gasteiger partial charge in [0, 0.05) is 29.8 Å². The van der Waals surface area contributed by atoms with Crippen molar-refractivity contribution in [2.75, 3.05) is 13.1 Å². The predicted octanol–water partition coefficient (Wildman–Crippen LogP) is 3.95. The van der Waals surface area contributed by atoms with E-state index in [1.807, 2.05) is 39.0 Å². The lowest BCUT2D eigenvalue weighted by molar-refractivity contribution is 0.0954. The molecule has 0 aliphatic rings. The zero-order valence-electron chi connectivity index (χ0n) is 21.0. The Balaban J connectivity index is 1.55. The molecule has 1 amide bonds. The van der Waals surface area contributed by atoms with Gasteiger partial charge in [0.2, 0.25) is 0 Å². The molecule has 0 saturated carbocycles. The fourth-order valence-corrected chi connectivity index (χ4v) is 4.15. The van der Waals surface area contributed by atoms with Crippen molar-refractivity contribution in [2.45, 2.75) is 51.9 Å². The van der Waals surface area contributed by atoms with Gasteiger partial charge >= 0.3 is 0 Å². The van der Waals surface area contributed by atoms with Crippen LogP contribution in [0.3, 0.4) is 0 Å². The summed E-state index contributed by atoms with van der Waals surface area (Å²) in [7, 11) is 0. The zero-order chi connectivity index (χ0) is 26.3. The van der Waals surface area contributed by atoms with Crippen molar-refractivity contribution in [3.63, 3.8) is 0 Å². The van der Waals surface area contributed by atoms with Gasteiger partial charge in [0.05, 0.1) is 12.7 Å². The van der Waals surface area contributed by atoms with Gasteiger partial charge in [-0.1, -0.05) is 24.3 Å². The van der Waals surface area contributed by atoms with Crippen LogP contribution in [-0.2, 0) is 19.4 Å². The number of aromatic hydroxyl groups is 1. The summed E-state index contributed by atoms with van der Waals surface area (Å²) in [5, 5.41) is 35.9. The first-order valence-electron chi connectivity index (χ1n) is 12.1. The number of phenols is 1. The van der Waals surface area contributed by atoms with Gasteiger partial charge in [-0.25, -0.2) is 4.39 Å². The van der Waals surface area contributed by atoms with Crippen molar-refractivity contribution in [3.05, 3.63) is 99.9 Å². The smallest absolute Gasteiger partial charge is 0.251 e. The van der Waals surface area contributed by atoms with Crippen LogP contribution in [-0.4, -0.2) is 39.9 Å². The normalized spacial score (nSPS) is 12.4. The van der Waals surface area contributed by atoms with E-state index in [9.17, 15) is 24.5 Å². The van der Waals surface area contributed by atoms with Gasteiger partial charge in [0.15, 0.2) is 0 Å². The summed E-state index contributed by atoms with van der Waals surface area (Å²) in [6.07, 6.45) is 0.365. The van der Waals surface area contributed by atoms with Gasteiger partial charge in [-0.05, 0) is 92.3 Å². The van der Waals surface area contributed by atoms with E-state index in [0.29, 0.717) is 36.1 Å². The van der Waals surface area contributed by atoms with Crippen LogP contribution in [0.5, 0.6) is 5.75 Å². The Bertz CT molecular complexity index is 1200. The zero-order valence-corrected chi connectivity index (χ0v) is 21.0. The molecule has 0 saturated heterocycles. The number of aliphatic hydroxyl groups is 2. The second-order valence-corrected chi connectivity index (χ2v) is 9.78. The molecule has 3 rings (SSSR count). The van der Waals surface area contributed by atoms with Gasteiger partial charge in [0.1, 0.15) is 11.6 Å². The molecular formula is C29H35FN2O4. The molecule has 3 aromatic carbocycles. The summed E-state index contributed by atoms with van der Waals surface area (Å²) in [5.74, 6) is -0.467. The number of hydrogen-bond donors (Lipinski definition) is 5. The molecule has 36 heavy (non-hydrogen) atoms. The fraction of sp³-hybridized carbons (Fsp3) is 0.345. The molecule has 3 aromatic rings. The lowest BCUT2D eigenvalue weighted by atomic mass is 9.93. The highest BCUT2D eigenvalue weighted by molar-refractivity contribution is 5.94. The number of β-amino-alcohol motifs (C(OH)–C–C–N with tert-alkyl or cyclic N) is 1. The lowest BCUT2D eigenvalue weighted by Gasteiger charge is -2.28. The average Bonchev–Trinajstić information content (AvgIpc) is 2.84. The molecule has 0 unspecified atom stereocenters. The Labute approximate surface area is 211 Å². The Kier molecular flexibility index (Phi) is 9.20. The third-order valence-electron chi connectivity index (χ3n) is 6.26. The molecule has 0 fully saturated rings. The van der Waals surface area contributed by atoms with Gasteiger partial charge in [-0.3, -0.25) is 4.79 Å². The summed E-state index contributed by atoms with van der Waals surface area (Å²) >= 11 is 0. The minimum Gasteiger partial charge on any atom is -0.508 e. The molecule has 0 aliphatic carbocycles. The monoisotopic (exact) mass is 494 g/mol. The number of carbonyl (C=O) groups excluding carboxylic acids is 1. The molecule has 7 heteroatoms.